The van der Waals surface area contributed by atoms with Crippen LogP contribution in [0.2, 0.25) is 0 Å². The maximum absolute atomic E-state index is 4.26. The first-order valence-corrected chi connectivity index (χ1v) is 6.23. The third-order valence-electron chi connectivity index (χ3n) is 3.33. The number of anilines is 1. The normalized spacial score (nSPS) is 18.5. The van der Waals surface area contributed by atoms with Crippen molar-refractivity contribution in [2.45, 2.75) is 26.2 Å². The fourth-order valence-corrected chi connectivity index (χ4v) is 1.96. The molecule has 0 bridgehead atoms. The van der Waals surface area contributed by atoms with Crippen LogP contribution in [0.1, 0.15) is 26.3 Å². The lowest BCUT2D eigenvalue weighted by atomic mass is 9.88. The Labute approximate surface area is 104 Å². The lowest BCUT2D eigenvalue weighted by molar-refractivity contribution is 0.311. The van der Waals surface area contributed by atoms with Crippen molar-refractivity contribution in [3.63, 3.8) is 0 Å². The summed E-state index contributed by atoms with van der Waals surface area (Å²) in [6.07, 6.45) is 1.87. The van der Waals surface area contributed by atoms with Gasteiger partial charge in [-0.2, -0.15) is 5.10 Å². The molecule has 1 aliphatic rings. The molecule has 4 nitrogen and oxygen atoms in total. The van der Waals surface area contributed by atoms with E-state index in [1.54, 1.807) is 0 Å². The molecule has 1 saturated heterocycles. The minimum absolute atomic E-state index is 0.136. The zero-order chi connectivity index (χ0) is 12.5. The minimum atomic E-state index is 0.136. The molecule has 0 N–H and O–H groups in total. The maximum Gasteiger partial charge on any atom is 0.151 e. The van der Waals surface area contributed by atoms with Gasteiger partial charge in [-0.15, -0.1) is 5.10 Å². The Morgan fingerprint density at radius 1 is 1.12 bits per heavy atom. The Kier molecular flexibility index (Phi) is 3.33. The fraction of sp³-hybridized carbons (Fsp3) is 0.692. The third-order valence-corrected chi connectivity index (χ3v) is 3.33. The van der Waals surface area contributed by atoms with Gasteiger partial charge in [0.25, 0.3) is 0 Å². The van der Waals surface area contributed by atoms with Gasteiger partial charge >= 0.3 is 0 Å². The molecule has 0 unspecified atom stereocenters. The molecule has 0 spiro atoms. The Balaban J connectivity index is 2.16. The summed E-state index contributed by atoms with van der Waals surface area (Å²) in [7, 11) is 2.16. The van der Waals surface area contributed by atoms with Crippen LogP contribution in [0.15, 0.2) is 12.3 Å². The molecule has 1 aromatic heterocycles. The number of hydrogen-bond acceptors (Lipinski definition) is 4. The van der Waals surface area contributed by atoms with Crippen molar-refractivity contribution in [2.75, 3.05) is 38.1 Å². The zero-order valence-corrected chi connectivity index (χ0v) is 11.3. The lowest BCUT2D eigenvalue weighted by Crippen LogP contribution is -2.45. The van der Waals surface area contributed by atoms with Crippen molar-refractivity contribution in [3.05, 3.63) is 17.8 Å². The van der Waals surface area contributed by atoms with Crippen molar-refractivity contribution in [3.8, 4) is 0 Å². The van der Waals surface area contributed by atoms with Crippen LogP contribution >= 0.6 is 0 Å². The Bertz CT molecular complexity index is 375. The summed E-state index contributed by atoms with van der Waals surface area (Å²) in [5, 5.41) is 8.40. The first-order valence-electron chi connectivity index (χ1n) is 6.23. The molecule has 17 heavy (non-hydrogen) atoms. The van der Waals surface area contributed by atoms with E-state index in [-0.39, 0.29) is 5.41 Å². The first-order chi connectivity index (χ1) is 7.97. The summed E-state index contributed by atoms with van der Waals surface area (Å²) in [6.45, 7) is 10.9. The van der Waals surface area contributed by atoms with Gasteiger partial charge in [0.2, 0.25) is 0 Å². The van der Waals surface area contributed by atoms with Gasteiger partial charge in [-0.1, -0.05) is 20.8 Å². The van der Waals surface area contributed by atoms with Crippen molar-refractivity contribution in [1.82, 2.24) is 15.1 Å². The smallest absolute Gasteiger partial charge is 0.151 e. The van der Waals surface area contributed by atoms with Crippen molar-refractivity contribution in [2.24, 2.45) is 0 Å². The van der Waals surface area contributed by atoms with E-state index >= 15 is 0 Å². The van der Waals surface area contributed by atoms with E-state index in [9.17, 15) is 0 Å². The number of likely N-dealkylation sites (N-methyl/N-ethyl adjacent to an activating group) is 1. The van der Waals surface area contributed by atoms with Crippen LogP contribution in [0.3, 0.4) is 0 Å². The van der Waals surface area contributed by atoms with E-state index in [2.05, 4.69) is 53.9 Å². The standard InChI is InChI=1S/C13H22N4/c1-13(2,3)11-9-12(15-14-10-11)17-7-5-16(4)6-8-17/h9-10H,5-8H2,1-4H3. The summed E-state index contributed by atoms with van der Waals surface area (Å²) < 4.78 is 0. The van der Waals surface area contributed by atoms with Crippen molar-refractivity contribution >= 4 is 5.82 Å². The summed E-state index contributed by atoms with van der Waals surface area (Å²) in [5.41, 5.74) is 1.39. The topological polar surface area (TPSA) is 32.3 Å². The predicted octanol–water partition coefficient (Wildman–Crippen LogP) is 1.53. The van der Waals surface area contributed by atoms with Crippen LogP contribution in [0, 0.1) is 0 Å². The molecule has 2 heterocycles. The molecule has 0 saturated carbocycles. The van der Waals surface area contributed by atoms with Crippen LogP contribution in [0.4, 0.5) is 5.82 Å². The van der Waals surface area contributed by atoms with Crippen molar-refractivity contribution < 1.29 is 0 Å². The second kappa shape index (κ2) is 4.61. The molecule has 2 rings (SSSR count). The average Bonchev–Trinajstić information content (AvgIpc) is 2.29. The molecule has 0 aliphatic carbocycles. The fourth-order valence-electron chi connectivity index (χ4n) is 1.96. The quantitative estimate of drug-likeness (QED) is 0.737. The van der Waals surface area contributed by atoms with E-state index in [4.69, 9.17) is 0 Å². The van der Waals surface area contributed by atoms with Gasteiger partial charge in [0, 0.05) is 26.2 Å². The van der Waals surface area contributed by atoms with Gasteiger partial charge in [-0.25, -0.2) is 0 Å². The van der Waals surface area contributed by atoms with Gasteiger partial charge in [0.1, 0.15) is 0 Å². The van der Waals surface area contributed by atoms with E-state index < -0.39 is 0 Å². The number of nitrogens with zero attached hydrogens (tertiary/aromatic N) is 4. The lowest BCUT2D eigenvalue weighted by Gasteiger charge is -2.33. The Morgan fingerprint density at radius 3 is 2.35 bits per heavy atom. The first kappa shape index (κ1) is 12.3. The monoisotopic (exact) mass is 234 g/mol. The highest BCUT2D eigenvalue weighted by atomic mass is 15.3. The van der Waals surface area contributed by atoms with E-state index in [1.165, 1.54) is 5.56 Å². The maximum atomic E-state index is 4.26. The second-order valence-corrected chi connectivity index (χ2v) is 5.84. The second-order valence-electron chi connectivity index (χ2n) is 5.84. The van der Waals surface area contributed by atoms with E-state index in [1.807, 2.05) is 6.20 Å². The summed E-state index contributed by atoms with van der Waals surface area (Å²) >= 11 is 0. The number of hydrogen-bond donors (Lipinski definition) is 0. The van der Waals surface area contributed by atoms with Gasteiger partial charge in [0.15, 0.2) is 5.82 Å². The molecular formula is C13H22N4. The number of rotatable bonds is 1. The number of piperazine rings is 1. The van der Waals surface area contributed by atoms with Crippen LogP contribution < -0.4 is 4.90 Å². The Morgan fingerprint density at radius 2 is 1.76 bits per heavy atom. The summed E-state index contributed by atoms with van der Waals surface area (Å²) in [5.74, 6) is 1.02. The van der Waals surface area contributed by atoms with Gasteiger partial charge in [-0.3, -0.25) is 0 Å². The van der Waals surface area contributed by atoms with Crippen LogP contribution in [-0.4, -0.2) is 48.3 Å². The van der Waals surface area contributed by atoms with Crippen molar-refractivity contribution in [1.29, 1.82) is 0 Å². The average molecular weight is 234 g/mol. The molecule has 0 atom stereocenters. The highest BCUT2D eigenvalue weighted by Gasteiger charge is 2.19. The molecular weight excluding hydrogens is 212 g/mol. The molecule has 94 valence electrons. The largest absolute Gasteiger partial charge is 0.353 e. The zero-order valence-electron chi connectivity index (χ0n) is 11.3. The van der Waals surface area contributed by atoms with Gasteiger partial charge in [0.05, 0.1) is 6.20 Å². The minimum Gasteiger partial charge on any atom is -0.353 e. The molecule has 0 radical (unpaired) electrons. The SMILES string of the molecule is CN1CCN(c2cc(C(C)(C)C)cnn2)CC1. The molecule has 4 heteroatoms. The van der Waals surface area contributed by atoms with Crippen LogP contribution in [0.25, 0.3) is 0 Å². The van der Waals surface area contributed by atoms with Gasteiger partial charge in [-0.05, 0) is 24.1 Å². The summed E-state index contributed by atoms with van der Waals surface area (Å²) in [4.78, 5) is 4.67. The third kappa shape index (κ3) is 2.94. The van der Waals surface area contributed by atoms with Gasteiger partial charge < -0.3 is 9.80 Å². The number of aromatic nitrogens is 2. The van der Waals surface area contributed by atoms with Crippen LogP contribution in [0.5, 0.6) is 0 Å². The molecule has 1 aliphatic heterocycles. The molecule has 1 aromatic rings. The van der Waals surface area contributed by atoms with E-state index in [0.717, 1.165) is 32.0 Å². The highest BCUT2D eigenvalue weighted by Crippen LogP contribution is 2.24. The predicted molar refractivity (Wildman–Crippen MR) is 70.4 cm³/mol. The molecule has 0 amide bonds. The highest BCUT2D eigenvalue weighted by molar-refractivity contribution is 5.41. The van der Waals surface area contributed by atoms with E-state index in [0.29, 0.717) is 0 Å². The summed E-state index contributed by atoms with van der Waals surface area (Å²) in [6, 6.07) is 2.18. The Hall–Kier alpha value is -1.16. The molecule has 1 fully saturated rings. The molecule has 0 aromatic carbocycles. The van der Waals surface area contributed by atoms with Crippen LogP contribution in [-0.2, 0) is 5.41 Å².